The molecule has 0 aliphatic rings. The highest BCUT2D eigenvalue weighted by atomic mass is 15.1. The van der Waals surface area contributed by atoms with Crippen LogP contribution in [0.2, 0.25) is 0 Å². The number of aromatic nitrogens is 2. The summed E-state index contributed by atoms with van der Waals surface area (Å²) in [7, 11) is 0. The van der Waals surface area contributed by atoms with Crippen LogP contribution in [0.3, 0.4) is 0 Å². The van der Waals surface area contributed by atoms with Gasteiger partial charge < -0.3 is 10.6 Å². The van der Waals surface area contributed by atoms with Gasteiger partial charge in [-0.15, -0.1) is 0 Å². The van der Waals surface area contributed by atoms with Crippen LogP contribution in [0.4, 0.5) is 17.3 Å². The molecule has 0 spiro atoms. The van der Waals surface area contributed by atoms with Crippen LogP contribution in [-0.2, 0) is 0 Å². The topological polar surface area (TPSA) is 73.6 Å². The highest BCUT2D eigenvalue weighted by Gasteiger charge is 2.13. The molecule has 3 aromatic rings. The van der Waals surface area contributed by atoms with E-state index in [1.54, 1.807) is 12.1 Å². The number of nitrogens with zero attached hydrogens (tertiary/aromatic N) is 3. The Labute approximate surface area is 153 Å². The van der Waals surface area contributed by atoms with Gasteiger partial charge in [0.2, 0.25) is 0 Å². The number of nitriles is 1. The molecule has 3 rings (SSSR count). The molecule has 2 aromatic carbocycles. The second kappa shape index (κ2) is 7.24. The Morgan fingerprint density at radius 1 is 0.885 bits per heavy atom. The first kappa shape index (κ1) is 17.4. The lowest BCUT2D eigenvalue weighted by atomic mass is 10.1. The third-order valence-corrected chi connectivity index (χ3v) is 3.53. The number of anilines is 3. The smallest absolute Gasteiger partial charge is 0.163 e. The van der Waals surface area contributed by atoms with E-state index < -0.39 is 0 Å². The molecule has 0 aliphatic heterocycles. The van der Waals surface area contributed by atoms with Gasteiger partial charge in [0.1, 0.15) is 11.6 Å². The van der Waals surface area contributed by atoms with Gasteiger partial charge in [-0.1, -0.05) is 36.4 Å². The van der Waals surface area contributed by atoms with Gasteiger partial charge in [0.15, 0.2) is 5.82 Å². The van der Waals surface area contributed by atoms with Crippen LogP contribution < -0.4 is 10.6 Å². The fourth-order valence-electron chi connectivity index (χ4n) is 2.49. The Balaban J connectivity index is 2.00. The first-order valence-corrected chi connectivity index (χ1v) is 8.43. The minimum Gasteiger partial charge on any atom is -0.365 e. The molecule has 5 nitrogen and oxygen atoms in total. The van der Waals surface area contributed by atoms with E-state index in [-0.39, 0.29) is 5.54 Å². The maximum atomic E-state index is 9.08. The Morgan fingerprint density at radius 2 is 1.62 bits per heavy atom. The van der Waals surface area contributed by atoms with Gasteiger partial charge in [-0.3, -0.25) is 0 Å². The van der Waals surface area contributed by atoms with Crippen molar-refractivity contribution in [3.8, 4) is 17.5 Å². The van der Waals surface area contributed by atoms with Gasteiger partial charge in [0.25, 0.3) is 0 Å². The molecular formula is C21H21N5. The van der Waals surface area contributed by atoms with Gasteiger partial charge in [0.05, 0.1) is 11.6 Å². The SMILES string of the molecule is CC(C)(C)Nc1cc(Nc2cccc(C#N)c2)nc(-c2ccccc2)n1. The van der Waals surface area contributed by atoms with Crippen LogP contribution >= 0.6 is 0 Å². The molecule has 1 heterocycles. The third-order valence-electron chi connectivity index (χ3n) is 3.53. The van der Waals surface area contributed by atoms with Gasteiger partial charge in [-0.2, -0.15) is 5.26 Å². The molecule has 5 heteroatoms. The zero-order valence-corrected chi connectivity index (χ0v) is 15.1. The lowest BCUT2D eigenvalue weighted by Gasteiger charge is -2.22. The Morgan fingerprint density at radius 3 is 2.31 bits per heavy atom. The molecule has 0 bridgehead atoms. The molecule has 1 aromatic heterocycles. The first-order valence-electron chi connectivity index (χ1n) is 8.43. The van der Waals surface area contributed by atoms with E-state index in [1.165, 1.54) is 0 Å². The largest absolute Gasteiger partial charge is 0.365 e. The van der Waals surface area contributed by atoms with Gasteiger partial charge in [0, 0.05) is 22.9 Å². The molecule has 2 N–H and O–H groups in total. The number of hydrogen-bond acceptors (Lipinski definition) is 5. The Kier molecular flexibility index (Phi) is 4.85. The third kappa shape index (κ3) is 4.58. The standard InChI is InChI=1S/C21H21N5/c1-21(2,3)26-19-13-18(23-17-11-7-8-15(12-17)14-22)24-20(25-19)16-9-5-4-6-10-16/h4-13H,1-3H3,(H2,23,24,25,26). The Hall–Kier alpha value is -3.39. The lowest BCUT2D eigenvalue weighted by molar-refractivity contribution is 0.630. The fraction of sp³-hybridized carbons (Fsp3) is 0.190. The van der Waals surface area contributed by atoms with Crippen LogP contribution in [0.25, 0.3) is 11.4 Å². The van der Waals surface area contributed by atoms with Gasteiger partial charge in [-0.25, -0.2) is 9.97 Å². The molecule has 0 amide bonds. The van der Waals surface area contributed by atoms with E-state index in [9.17, 15) is 0 Å². The van der Waals surface area contributed by atoms with Crippen molar-refractivity contribution in [3.63, 3.8) is 0 Å². The van der Waals surface area contributed by atoms with E-state index in [2.05, 4.69) is 47.4 Å². The van der Waals surface area contributed by atoms with E-state index in [0.717, 1.165) is 17.1 Å². The minimum absolute atomic E-state index is 0.125. The van der Waals surface area contributed by atoms with Crippen molar-refractivity contribution in [3.05, 3.63) is 66.2 Å². The number of hydrogen-bond donors (Lipinski definition) is 2. The summed E-state index contributed by atoms with van der Waals surface area (Å²) in [4.78, 5) is 9.29. The summed E-state index contributed by atoms with van der Waals surface area (Å²) in [5, 5.41) is 15.7. The molecule has 0 fully saturated rings. The van der Waals surface area contributed by atoms with Gasteiger partial charge >= 0.3 is 0 Å². The van der Waals surface area contributed by atoms with Crippen LogP contribution in [0.5, 0.6) is 0 Å². The number of rotatable bonds is 4. The molecule has 0 unspecified atom stereocenters. The van der Waals surface area contributed by atoms with Crippen LogP contribution in [0.15, 0.2) is 60.7 Å². The highest BCUT2D eigenvalue weighted by Crippen LogP contribution is 2.24. The molecular weight excluding hydrogens is 322 g/mol. The quantitative estimate of drug-likeness (QED) is 0.699. The molecule has 0 aliphatic carbocycles. The monoisotopic (exact) mass is 343 g/mol. The van der Waals surface area contributed by atoms with Crippen LogP contribution in [-0.4, -0.2) is 15.5 Å². The second-order valence-corrected chi connectivity index (χ2v) is 7.02. The summed E-state index contributed by atoms with van der Waals surface area (Å²) in [6, 6.07) is 21.2. The molecule has 0 saturated heterocycles. The Bertz CT molecular complexity index is 937. The predicted molar refractivity (Wildman–Crippen MR) is 105 cm³/mol. The highest BCUT2D eigenvalue weighted by molar-refractivity contribution is 5.66. The maximum Gasteiger partial charge on any atom is 0.163 e. The maximum absolute atomic E-state index is 9.08. The van der Waals surface area contributed by atoms with Crippen molar-refractivity contribution >= 4 is 17.3 Å². The van der Waals surface area contributed by atoms with Crippen molar-refractivity contribution in [2.24, 2.45) is 0 Å². The zero-order valence-electron chi connectivity index (χ0n) is 15.1. The number of benzene rings is 2. The van der Waals surface area contributed by atoms with E-state index in [1.807, 2.05) is 48.5 Å². The number of nitrogens with one attached hydrogen (secondary N) is 2. The van der Waals surface area contributed by atoms with E-state index in [0.29, 0.717) is 17.2 Å². The summed E-state index contributed by atoms with van der Waals surface area (Å²) >= 11 is 0. The van der Waals surface area contributed by atoms with Crippen molar-refractivity contribution in [1.82, 2.24) is 9.97 Å². The molecule has 130 valence electrons. The lowest BCUT2D eigenvalue weighted by Crippen LogP contribution is -2.26. The fourth-order valence-corrected chi connectivity index (χ4v) is 2.49. The minimum atomic E-state index is -0.125. The zero-order chi connectivity index (χ0) is 18.6. The summed E-state index contributed by atoms with van der Waals surface area (Å²) in [6.07, 6.45) is 0. The molecule has 0 atom stereocenters. The summed E-state index contributed by atoms with van der Waals surface area (Å²) in [5.74, 6) is 2.05. The average Bonchev–Trinajstić information content (AvgIpc) is 2.61. The van der Waals surface area contributed by atoms with Crippen molar-refractivity contribution < 1.29 is 0 Å². The first-order chi connectivity index (χ1) is 12.4. The summed E-state index contributed by atoms with van der Waals surface area (Å²) in [6.45, 7) is 6.25. The van der Waals surface area contributed by atoms with Crippen LogP contribution in [0, 0.1) is 11.3 Å². The van der Waals surface area contributed by atoms with Crippen molar-refractivity contribution in [2.75, 3.05) is 10.6 Å². The second-order valence-electron chi connectivity index (χ2n) is 7.02. The van der Waals surface area contributed by atoms with Gasteiger partial charge in [-0.05, 0) is 39.0 Å². The van der Waals surface area contributed by atoms with E-state index >= 15 is 0 Å². The van der Waals surface area contributed by atoms with Crippen molar-refractivity contribution in [2.45, 2.75) is 26.3 Å². The molecule has 0 radical (unpaired) electrons. The van der Waals surface area contributed by atoms with Crippen LogP contribution in [0.1, 0.15) is 26.3 Å². The summed E-state index contributed by atoms with van der Waals surface area (Å²) in [5.41, 5.74) is 2.23. The van der Waals surface area contributed by atoms with Crippen molar-refractivity contribution in [1.29, 1.82) is 5.26 Å². The normalized spacial score (nSPS) is 10.8. The summed E-state index contributed by atoms with van der Waals surface area (Å²) < 4.78 is 0. The van der Waals surface area contributed by atoms with E-state index in [4.69, 9.17) is 5.26 Å². The predicted octanol–water partition coefficient (Wildman–Crippen LogP) is 4.97. The molecule has 26 heavy (non-hydrogen) atoms. The molecule has 0 saturated carbocycles. The average molecular weight is 343 g/mol.